The van der Waals surface area contributed by atoms with Crippen molar-refractivity contribution in [2.45, 2.75) is 31.6 Å². The van der Waals surface area contributed by atoms with E-state index in [1.165, 1.54) is 50.1 Å². The van der Waals surface area contributed by atoms with E-state index < -0.39 is 55.1 Å². The van der Waals surface area contributed by atoms with E-state index in [9.17, 15) is 8.22 Å². The molecule has 0 unspecified atom stereocenters. The Bertz CT molecular complexity index is 7380. The number of nitrogens with zero attached hydrogens (tertiary/aromatic N) is 4. The smallest absolute Gasteiger partial charge is 0.256 e. The lowest BCUT2D eigenvalue weighted by Gasteiger charge is -2.46. The van der Waals surface area contributed by atoms with E-state index >= 15 is 0 Å². The van der Waals surface area contributed by atoms with E-state index in [2.05, 4.69) is 308 Å². The first-order valence-corrected chi connectivity index (χ1v) is 38.6. The second-order valence-electron chi connectivity index (χ2n) is 31.5. The molecule has 5 nitrogen and oxygen atoms in total. The molecule has 24 rings (SSSR count). The van der Waals surface area contributed by atoms with Gasteiger partial charge in [-0.15, -0.1) is 0 Å². The van der Waals surface area contributed by atoms with Crippen LogP contribution < -0.4 is 52.2 Å². The number of hydrogen-bond acceptors (Lipinski definition) is 4. The second-order valence-corrected chi connectivity index (χ2v) is 31.5. The molecule has 4 aliphatic heterocycles. The predicted octanol–water partition coefficient (Wildman–Crippen LogP) is 23.1. The van der Waals surface area contributed by atoms with E-state index in [-0.39, 0.29) is 39.3 Å². The third-order valence-electron chi connectivity index (χ3n) is 24.7. The zero-order valence-electron chi connectivity index (χ0n) is 69.5. The number of fused-ring (bicyclic) bond motifs is 23. The van der Waals surface area contributed by atoms with Gasteiger partial charge in [0.25, 0.3) is 13.4 Å². The molecule has 1 spiro atoms. The highest BCUT2D eigenvalue weighted by Crippen LogP contribution is 2.65. The SMILES string of the molecule is [2H]c1c([2H])c([2H])c2c(c1[2H])c1c([2H])c([2H])c([2H])c([2H])c1n2-c1cc2c3c(c1)N(c1ccccc1)c1cc4c(cc1B3c1ccccc1N2c1ccccc1)B1c2ccccc2N(c2c(-c3ccccc3)cc(C(C)(C)C)cc2-c2ccccc2)c2c1c(cc1cc(-c3cccc5c3C3(c6ccccc6-c6ccccc63)c3ccccc3-5)ccc21)O4. The summed E-state index contributed by atoms with van der Waals surface area (Å²) < 4.78 is 85.2. The molecule has 1 aromatic heterocycles. The summed E-state index contributed by atoms with van der Waals surface area (Å²) >= 11 is 0. The van der Waals surface area contributed by atoms with Crippen LogP contribution in [-0.2, 0) is 10.8 Å². The Kier molecular flexibility index (Phi) is 11.7. The van der Waals surface area contributed by atoms with Crippen LogP contribution in [0.2, 0.25) is 0 Å². The summed E-state index contributed by atoms with van der Waals surface area (Å²) in [4.78, 5) is 7.15. The highest BCUT2D eigenvalue weighted by molar-refractivity contribution is 7.02. The Labute approximate surface area is 663 Å². The summed E-state index contributed by atoms with van der Waals surface area (Å²) in [5.41, 5.74) is 31.7. The molecule has 0 fully saturated rings. The Morgan fingerprint density at radius 2 is 0.804 bits per heavy atom. The lowest BCUT2D eigenvalue weighted by Crippen LogP contribution is -2.64. The molecule has 522 valence electrons. The number of ether oxygens (including phenoxy) is 1. The van der Waals surface area contributed by atoms with Crippen molar-refractivity contribution in [2.24, 2.45) is 0 Å². The minimum absolute atomic E-state index is 0.00225. The van der Waals surface area contributed by atoms with Gasteiger partial charge < -0.3 is 24.0 Å². The largest absolute Gasteiger partial charge is 0.458 e. The Hall–Kier alpha value is -13.9. The van der Waals surface area contributed by atoms with Crippen molar-refractivity contribution in [3.05, 3.63) is 398 Å². The van der Waals surface area contributed by atoms with E-state index in [0.29, 0.717) is 11.4 Å². The third-order valence-corrected chi connectivity index (χ3v) is 24.7. The van der Waals surface area contributed by atoms with Gasteiger partial charge in [-0.1, -0.05) is 300 Å². The van der Waals surface area contributed by atoms with E-state index in [0.717, 1.165) is 134 Å². The van der Waals surface area contributed by atoms with Crippen molar-refractivity contribution in [1.29, 1.82) is 0 Å². The topological polar surface area (TPSA) is 23.9 Å². The maximum atomic E-state index is 9.83. The van der Waals surface area contributed by atoms with Crippen molar-refractivity contribution in [1.82, 2.24) is 4.57 Å². The third kappa shape index (κ3) is 8.70. The van der Waals surface area contributed by atoms with E-state index in [4.69, 9.17) is 7.48 Å². The monoisotopic (exact) mass is 1430 g/mol. The van der Waals surface area contributed by atoms with Crippen molar-refractivity contribution >= 4 is 130 Å². The van der Waals surface area contributed by atoms with Gasteiger partial charge in [0, 0.05) is 73.2 Å². The summed E-state index contributed by atoms with van der Waals surface area (Å²) in [6.45, 7) is 6.05. The molecule has 18 aromatic rings. The van der Waals surface area contributed by atoms with Crippen LogP contribution in [0.15, 0.2) is 370 Å². The first-order chi connectivity index (χ1) is 58.6. The fraction of sp³-hybridized carbons (Fsp3) is 0.0476. The summed E-state index contributed by atoms with van der Waals surface area (Å²) in [6, 6.07) is 113. The highest BCUT2D eigenvalue weighted by Gasteiger charge is 2.54. The van der Waals surface area contributed by atoms with Gasteiger partial charge in [0.05, 0.1) is 44.5 Å². The maximum Gasteiger partial charge on any atom is 0.256 e. The fourth-order valence-corrected chi connectivity index (χ4v) is 20.2. The molecule has 0 saturated carbocycles. The molecule has 0 radical (unpaired) electrons. The van der Waals surface area contributed by atoms with Gasteiger partial charge >= 0.3 is 0 Å². The Balaban J connectivity index is 0.801. The van der Waals surface area contributed by atoms with Crippen LogP contribution in [0.3, 0.4) is 0 Å². The van der Waals surface area contributed by atoms with Crippen molar-refractivity contribution in [3.8, 4) is 72.8 Å². The number of para-hydroxylation sites is 6. The van der Waals surface area contributed by atoms with Crippen molar-refractivity contribution < 1.29 is 15.7 Å². The first kappa shape index (κ1) is 55.5. The highest BCUT2D eigenvalue weighted by atomic mass is 16.5. The number of aromatic nitrogens is 1. The summed E-state index contributed by atoms with van der Waals surface area (Å²) in [5.74, 6) is 1.39. The molecule has 2 aliphatic carbocycles. The van der Waals surface area contributed by atoms with E-state index in [1.807, 2.05) is 48.5 Å². The average Bonchev–Trinajstić information content (AvgIpc) is 1.38. The average molecular weight is 1430 g/mol. The molecule has 7 heteroatoms. The van der Waals surface area contributed by atoms with Crippen LogP contribution >= 0.6 is 0 Å². The van der Waals surface area contributed by atoms with Gasteiger partial charge in [-0.2, -0.15) is 0 Å². The molecule has 0 bridgehead atoms. The van der Waals surface area contributed by atoms with Gasteiger partial charge in [-0.3, -0.25) is 0 Å². The van der Waals surface area contributed by atoms with Gasteiger partial charge in [-0.25, -0.2) is 0 Å². The minimum Gasteiger partial charge on any atom is -0.458 e. The van der Waals surface area contributed by atoms with Gasteiger partial charge in [0.2, 0.25) is 0 Å². The maximum absolute atomic E-state index is 9.83. The van der Waals surface area contributed by atoms with Crippen LogP contribution in [0.5, 0.6) is 11.5 Å². The zero-order chi connectivity index (χ0) is 80.8. The standard InChI is InChI=1S/C105H70B2N4O/c1-104(2,3)69-59-81(65-31-8-4-9-32-65)102(82(60-69)66-33-10-5-11-34-66)111-93-54-29-25-50-87(93)107-89-63-88-94(64-97(89)112-98-58-68-57-67(55-56-74(68)103(111)101(98)107)73-44-30-45-80-77-41-18-23-48-85(77)105(99(73)80)83-46-21-16-39-75(83)76-40-17-22-47-84(76)105)109(71-37-14-7-15-38-71)96-62-72(110-90-51-26-19-42-78(90)79-43-20-27-52-91(79)110)61-95-100(96)106(88)86-49-24-28-53-92(86)108(95)70-35-12-6-13-36-70/h4-64H,1-3H3/i19D,20D,26D,27D,42D,43D,51D,52D. The molecule has 112 heavy (non-hydrogen) atoms. The van der Waals surface area contributed by atoms with Crippen LogP contribution in [0.4, 0.5) is 51.2 Å². The molecule has 17 aromatic carbocycles. The van der Waals surface area contributed by atoms with E-state index in [1.54, 1.807) is 4.57 Å². The lowest BCUT2D eigenvalue weighted by atomic mass is 9.30. The number of benzene rings is 17. The summed E-state index contributed by atoms with van der Waals surface area (Å²) in [7, 11) is 0. The minimum atomic E-state index is -0.621. The first-order valence-electron chi connectivity index (χ1n) is 42.6. The Morgan fingerprint density at radius 3 is 1.38 bits per heavy atom. The number of anilines is 9. The molecule has 0 N–H and O–H groups in total. The van der Waals surface area contributed by atoms with Gasteiger partial charge in [-0.05, 0) is 201 Å². The second kappa shape index (κ2) is 23.6. The van der Waals surface area contributed by atoms with Crippen LogP contribution in [-0.4, -0.2) is 18.0 Å². The number of hydrogen-bond donors (Lipinski definition) is 0. The number of rotatable bonds is 7. The summed E-state index contributed by atoms with van der Waals surface area (Å²) in [6.07, 6.45) is 0. The normalized spacial score (nSPS) is 14.9. The summed E-state index contributed by atoms with van der Waals surface area (Å²) in [5, 5.41) is 2.06. The molecule has 0 atom stereocenters. The van der Waals surface area contributed by atoms with Crippen LogP contribution in [0, 0.1) is 0 Å². The Morgan fingerprint density at radius 1 is 0.321 bits per heavy atom. The predicted molar refractivity (Wildman–Crippen MR) is 469 cm³/mol. The van der Waals surface area contributed by atoms with Crippen LogP contribution in [0.25, 0.3) is 93.9 Å². The van der Waals surface area contributed by atoms with Crippen molar-refractivity contribution in [3.63, 3.8) is 0 Å². The van der Waals surface area contributed by atoms with Crippen molar-refractivity contribution in [2.75, 3.05) is 14.7 Å². The zero-order valence-corrected chi connectivity index (χ0v) is 61.5. The molecule has 0 amide bonds. The quantitative estimate of drug-likeness (QED) is 0.148. The van der Waals surface area contributed by atoms with Gasteiger partial charge in [0.1, 0.15) is 11.5 Å². The van der Waals surface area contributed by atoms with Crippen LogP contribution in [0.1, 0.15) is 59.6 Å². The molecular formula is C105H70B2N4O. The molecular weight excluding hydrogens is 1350 g/mol. The fourth-order valence-electron chi connectivity index (χ4n) is 20.2. The van der Waals surface area contributed by atoms with Gasteiger partial charge in [0.15, 0.2) is 0 Å². The molecule has 5 heterocycles. The lowest BCUT2D eigenvalue weighted by molar-refractivity contribution is 0.488. The molecule has 6 aliphatic rings. The molecule has 0 saturated heterocycles.